The first-order valence-electron chi connectivity index (χ1n) is 33.1. The number of unbranched alkanes of at least 4 members (excludes halogenated alkanes) is 5. The van der Waals surface area contributed by atoms with Gasteiger partial charge in [0.05, 0.1) is 30.5 Å². The topological polar surface area (TPSA) is 424 Å². The second kappa shape index (κ2) is 35.4. The van der Waals surface area contributed by atoms with Gasteiger partial charge in [-0.1, -0.05) is 126 Å². The molecule has 0 saturated carbocycles. The van der Waals surface area contributed by atoms with Gasteiger partial charge in [-0.3, -0.25) is 38.9 Å². The van der Waals surface area contributed by atoms with Gasteiger partial charge in [-0.25, -0.2) is 4.79 Å². The third kappa shape index (κ3) is 19.6. The van der Waals surface area contributed by atoms with Crippen molar-refractivity contribution in [2.45, 2.75) is 209 Å². The highest BCUT2D eigenvalue weighted by molar-refractivity contribution is 5.98. The number of carbonyl (C=O) groups excluding carboxylic acids is 8. The average molecular weight is 1320 g/mol. The lowest BCUT2D eigenvalue weighted by molar-refractivity contribution is -0.148. The number of benzene rings is 3. The monoisotopic (exact) mass is 1310 g/mol. The van der Waals surface area contributed by atoms with Crippen molar-refractivity contribution in [3.8, 4) is 16.9 Å². The smallest absolute Gasteiger partial charge is 0.407 e. The molecule has 17 N–H and O–H groups in total. The number of phenols is 1. The molecule has 27 nitrogen and oxygen atoms in total. The van der Waals surface area contributed by atoms with Crippen molar-refractivity contribution in [2.75, 3.05) is 39.3 Å². The van der Waals surface area contributed by atoms with Crippen molar-refractivity contribution in [3.05, 3.63) is 89.5 Å². The maximum absolute atomic E-state index is 14.9. The molecular weight excluding hydrogens is 1220 g/mol. The molecular formula is C67H98N10O17. The van der Waals surface area contributed by atoms with Gasteiger partial charge in [0, 0.05) is 51.4 Å². The zero-order chi connectivity index (χ0) is 68.3. The summed E-state index contributed by atoms with van der Waals surface area (Å²) in [6, 6.07) is 8.75. The lowest BCUT2D eigenvalue weighted by Gasteiger charge is -2.35. The first-order valence-corrected chi connectivity index (χ1v) is 33.1. The van der Waals surface area contributed by atoms with E-state index in [1.165, 1.54) is 18.6 Å². The Bertz CT molecular complexity index is 2990. The highest BCUT2D eigenvalue weighted by Gasteiger charge is 2.49. The van der Waals surface area contributed by atoms with Gasteiger partial charge in [0.1, 0.15) is 67.0 Å². The van der Waals surface area contributed by atoms with Gasteiger partial charge in [0.15, 0.2) is 0 Å². The van der Waals surface area contributed by atoms with E-state index in [-0.39, 0.29) is 69.3 Å². The fourth-order valence-electron chi connectivity index (χ4n) is 13.1. The standard InChI is InChI=1S/C67H98N10O17/c1-5-37(2)32-38(3)16-10-8-6-7-9-11-21-53(84)71-48-34-52(83)60(69-29-30-70-67(93)94-36-47-45-19-14-12-17-43(45)44-18-13-15-20-46(44)47)75-64(90)57-51(82)27-31-76(57)66(92)55(50(81)26-28-68)73-63(89)56(59(86)58(85)40-22-24-41(79)25-23-40)74-62(88)49-33-42(80)35-77(49)65(91)54(39(4)78)72-61(48)87/h12-15,17-20,22-25,37-39,42,47-52,54-60,69,78-83,85-86H,5-11,16,21,26-36,68H2,1-4H3,(H,70,93)(H,71,84)(H,72,87)(H,73,89)(H,74,88)(H,75,90)/t37-,38+,39+,42+,48-,49-,50+,51-,52+,54-,55-,56-,57-,58-,59-,60-/m0/s1. The van der Waals surface area contributed by atoms with Crippen molar-refractivity contribution < 1.29 is 83.9 Å². The largest absolute Gasteiger partial charge is 0.508 e. The number of phenolic OH excluding ortho intramolecular Hbond substituents is 1. The Hall–Kier alpha value is -7.34. The van der Waals surface area contributed by atoms with Crippen molar-refractivity contribution in [1.29, 1.82) is 0 Å². The minimum atomic E-state index is -2.31. The molecule has 0 bridgehead atoms. The fraction of sp³-hybridized carbons (Fsp3) is 0.612. The molecule has 518 valence electrons. The summed E-state index contributed by atoms with van der Waals surface area (Å²) >= 11 is 0. The predicted molar refractivity (Wildman–Crippen MR) is 344 cm³/mol. The number of aliphatic hydroxyl groups excluding tert-OH is 7. The minimum Gasteiger partial charge on any atom is -0.508 e. The normalized spacial score (nSPS) is 26.0. The van der Waals surface area contributed by atoms with Gasteiger partial charge < -0.3 is 93.0 Å². The van der Waals surface area contributed by atoms with E-state index in [4.69, 9.17) is 10.5 Å². The first-order chi connectivity index (χ1) is 44.9. The molecule has 0 aromatic heterocycles. The molecule has 0 unspecified atom stereocenters. The number of amides is 8. The Labute approximate surface area is 548 Å². The molecule has 3 aliphatic heterocycles. The van der Waals surface area contributed by atoms with Crippen molar-refractivity contribution >= 4 is 47.4 Å². The minimum absolute atomic E-state index is 0.0194. The van der Waals surface area contributed by atoms with Gasteiger partial charge >= 0.3 is 6.09 Å². The van der Waals surface area contributed by atoms with Crippen LogP contribution in [0.4, 0.5) is 4.79 Å². The van der Waals surface area contributed by atoms with E-state index in [9.17, 15) is 79.2 Å². The Balaban J connectivity index is 1.18. The molecule has 94 heavy (non-hydrogen) atoms. The first kappa shape index (κ1) is 74.1. The van der Waals surface area contributed by atoms with Crippen LogP contribution in [0.25, 0.3) is 11.1 Å². The van der Waals surface area contributed by atoms with Crippen LogP contribution in [0.15, 0.2) is 72.8 Å². The van der Waals surface area contributed by atoms with E-state index >= 15 is 0 Å². The Morgan fingerprint density at radius 1 is 0.681 bits per heavy atom. The second-order valence-corrected chi connectivity index (χ2v) is 25.7. The molecule has 0 spiro atoms. The quantitative estimate of drug-likeness (QED) is 0.0480. The summed E-state index contributed by atoms with van der Waals surface area (Å²) < 4.78 is 5.71. The number of alkyl carbamates (subject to hydrolysis) is 1. The molecule has 3 saturated heterocycles. The van der Waals surface area contributed by atoms with Crippen LogP contribution in [0.3, 0.4) is 0 Å². The Morgan fingerprint density at radius 3 is 1.95 bits per heavy atom. The van der Waals surface area contributed by atoms with Crippen LogP contribution in [0, 0.1) is 11.8 Å². The van der Waals surface area contributed by atoms with E-state index in [1.807, 2.05) is 48.5 Å². The van der Waals surface area contributed by atoms with E-state index in [0.29, 0.717) is 24.7 Å². The number of nitrogens with zero attached hydrogens (tertiary/aromatic N) is 2. The third-order valence-electron chi connectivity index (χ3n) is 18.5. The number of hydrogen-bond donors (Lipinski definition) is 16. The van der Waals surface area contributed by atoms with Crippen molar-refractivity contribution in [1.82, 2.24) is 47.0 Å². The number of hydrogen-bond acceptors (Lipinski definition) is 19. The number of aromatic hydroxyl groups is 1. The molecule has 8 amide bonds. The second-order valence-electron chi connectivity index (χ2n) is 25.7. The SMILES string of the molecule is CC[C@H](C)C[C@H](C)CCCCCCCCC(=O)N[C@H]1C[C@@H](O)[C@@H](NCCNC(=O)OCC2c3ccccc3-c3ccccc32)NC(=O)[C@@H]2[C@@H](O)CCN2C(=O)[C@H]([C@H](O)CCN)NC(=O)[C@H]([C@H](O)[C@@H](O)c2ccc(O)cc2)NC(=O)[C@@H]2C[C@@H](O)CN2C(=O)[C@H]([C@@H](C)O)NC1=O. The zero-order valence-corrected chi connectivity index (χ0v) is 54.1. The van der Waals surface area contributed by atoms with Crippen molar-refractivity contribution in [3.63, 3.8) is 0 Å². The zero-order valence-electron chi connectivity index (χ0n) is 54.1. The average Bonchev–Trinajstić information content (AvgIpc) is 1.61. The molecule has 4 aliphatic rings. The lowest BCUT2D eigenvalue weighted by Crippen LogP contribution is -2.65. The number of aliphatic hydroxyl groups is 7. The molecule has 27 heteroatoms. The highest BCUT2D eigenvalue weighted by atomic mass is 16.5. The molecule has 0 radical (unpaired) electrons. The van der Waals surface area contributed by atoms with Gasteiger partial charge in [0.25, 0.3) is 0 Å². The number of nitrogens with one attached hydrogen (secondary N) is 7. The van der Waals surface area contributed by atoms with Gasteiger partial charge in [0.2, 0.25) is 41.4 Å². The van der Waals surface area contributed by atoms with E-state index in [2.05, 4.69) is 58.0 Å². The Morgan fingerprint density at radius 2 is 1.30 bits per heavy atom. The molecule has 3 aromatic rings. The molecule has 3 fully saturated rings. The van der Waals surface area contributed by atoms with Gasteiger partial charge in [-0.05, 0) is 90.9 Å². The van der Waals surface area contributed by atoms with E-state index in [1.54, 1.807) is 0 Å². The summed E-state index contributed by atoms with van der Waals surface area (Å²) in [5.74, 6) is -7.04. The van der Waals surface area contributed by atoms with Crippen LogP contribution in [-0.4, -0.2) is 216 Å². The maximum Gasteiger partial charge on any atom is 0.407 e. The lowest BCUT2D eigenvalue weighted by atomic mass is 9.91. The van der Waals surface area contributed by atoms with Gasteiger partial charge in [-0.2, -0.15) is 0 Å². The summed E-state index contributed by atoms with van der Waals surface area (Å²) in [5.41, 5.74) is 9.74. The number of ether oxygens (including phenoxy) is 1. The van der Waals surface area contributed by atoms with Crippen LogP contribution < -0.4 is 43.0 Å². The third-order valence-corrected chi connectivity index (χ3v) is 18.5. The Kier molecular flexibility index (Phi) is 27.9. The van der Waals surface area contributed by atoms with Crippen LogP contribution in [0.1, 0.15) is 146 Å². The summed E-state index contributed by atoms with van der Waals surface area (Å²) in [4.78, 5) is 117. The summed E-state index contributed by atoms with van der Waals surface area (Å²) in [7, 11) is 0. The number of fused-ring (bicyclic) bond motifs is 5. The molecule has 3 aromatic carbocycles. The molecule has 16 atom stereocenters. The van der Waals surface area contributed by atoms with Crippen molar-refractivity contribution in [2.24, 2.45) is 17.6 Å². The summed E-state index contributed by atoms with van der Waals surface area (Å²) in [6.45, 7) is 6.21. The van der Waals surface area contributed by atoms with Crippen LogP contribution in [0.2, 0.25) is 0 Å². The fourth-order valence-corrected chi connectivity index (χ4v) is 13.1. The highest BCUT2D eigenvalue weighted by Crippen LogP contribution is 2.44. The molecule has 1 aliphatic carbocycles. The molecule has 7 rings (SSSR count). The maximum atomic E-state index is 14.9. The number of nitrogens with two attached hydrogens (primary N) is 1. The predicted octanol–water partition coefficient (Wildman–Crippen LogP) is 0.268. The van der Waals surface area contributed by atoms with E-state index < -0.39 is 152 Å². The van der Waals surface area contributed by atoms with Gasteiger partial charge in [-0.15, -0.1) is 0 Å². The van der Waals surface area contributed by atoms with E-state index in [0.717, 1.165) is 89.6 Å². The summed E-state index contributed by atoms with van der Waals surface area (Å²) in [6.07, 6.45) is -8.84. The van der Waals surface area contributed by atoms with Crippen LogP contribution in [-0.2, 0) is 38.3 Å². The molecule has 3 heterocycles. The number of carbonyl (C=O) groups is 8. The summed E-state index contributed by atoms with van der Waals surface area (Å²) in [5, 5.41) is 109. The van der Waals surface area contributed by atoms with Crippen LogP contribution >= 0.6 is 0 Å². The van der Waals surface area contributed by atoms with Crippen LogP contribution in [0.5, 0.6) is 5.75 Å². The number of rotatable bonds is 26.